The molecular formula is C21H26N4O3. The first-order valence-electron chi connectivity index (χ1n) is 9.83. The number of anilines is 1. The SMILES string of the molecule is COc1cccc(N2CCN(C(=O)Cn3nc(C(C)=O)c4c3CCC4)CC2)c1. The number of Topliss-reactive ketones (excluding diaryl/α,β-unsaturated/α-hetero) is 1. The molecule has 148 valence electrons. The van der Waals surface area contributed by atoms with Gasteiger partial charge in [0.05, 0.1) is 7.11 Å². The Labute approximate surface area is 164 Å². The Morgan fingerprint density at radius 1 is 1.14 bits per heavy atom. The van der Waals surface area contributed by atoms with Crippen molar-refractivity contribution in [2.75, 3.05) is 38.2 Å². The Balaban J connectivity index is 1.40. The van der Waals surface area contributed by atoms with Crippen LogP contribution in [0.2, 0.25) is 0 Å². The van der Waals surface area contributed by atoms with Crippen molar-refractivity contribution in [3.05, 3.63) is 41.2 Å². The molecule has 28 heavy (non-hydrogen) atoms. The third kappa shape index (κ3) is 3.48. The van der Waals surface area contributed by atoms with E-state index in [2.05, 4.69) is 16.1 Å². The average molecular weight is 382 g/mol. The quantitative estimate of drug-likeness (QED) is 0.740. The molecule has 7 nitrogen and oxygen atoms in total. The molecule has 1 amide bonds. The second kappa shape index (κ2) is 7.66. The number of amides is 1. The summed E-state index contributed by atoms with van der Waals surface area (Å²) in [5.41, 5.74) is 3.77. The predicted molar refractivity (Wildman–Crippen MR) is 106 cm³/mol. The zero-order valence-corrected chi connectivity index (χ0v) is 16.5. The average Bonchev–Trinajstić information content (AvgIpc) is 3.32. The molecule has 0 N–H and O–H groups in total. The first-order valence-corrected chi connectivity index (χ1v) is 9.83. The Morgan fingerprint density at radius 3 is 2.64 bits per heavy atom. The van der Waals surface area contributed by atoms with E-state index in [0.29, 0.717) is 18.8 Å². The molecule has 2 aromatic rings. The number of nitrogens with zero attached hydrogens (tertiary/aromatic N) is 4. The maximum absolute atomic E-state index is 12.8. The van der Waals surface area contributed by atoms with E-state index in [-0.39, 0.29) is 18.2 Å². The summed E-state index contributed by atoms with van der Waals surface area (Å²) >= 11 is 0. The van der Waals surface area contributed by atoms with Gasteiger partial charge in [0.15, 0.2) is 5.78 Å². The second-order valence-corrected chi connectivity index (χ2v) is 7.41. The molecule has 1 fully saturated rings. The number of carbonyl (C=O) groups excluding carboxylic acids is 2. The number of hydrogen-bond donors (Lipinski definition) is 0. The molecule has 7 heteroatoms. The normalized spacial score (nSPS) is 16.2. The van der Waals surface area contributed by atoms with Crippen molar-refractivity contribution in [3.63, 3.8) is 0 Å². The van der Waals surface area contributed by atoms with Gasteiger partial charge >= 0.3 is 0 Å². The van der Waals surface area contributed by atoms with E-state index in [1.54, 1.807) is 18.7 Å². The molecule has 1 aromatic carbocycles. The Kier molecular flexibility index (Phi) is 5.07. The maximum Gasteiger partial charge on any atom is 0.244 e. The van der Waals surface area contributed by atoms with Crippen molar-refractivity contribution in [1.29, 1.82) is 0 Å². The maximum atomic E-state index is 12.8. The number of carbonyl (C=O) groups is 2. The number of aromatic nitrogens is 2. The van der Waals surface area contributed by atoms with E-state index < -0.39 is 0 Å². The molecule has 0 atom stereocenters. The number of hydrogen-bond acceptors (Lipinski definition) is 5. The summed E-state index contributed by atoms with van der Waals surface area (Å²) in [7, 11) is 1.67. The number of benzene rings is 1. The van der Waals surface area contributed by atoms with Gasteiger partial charge in [0.1, 0.15) is 18.0 Å². The van der Waals surface area contributed by atoms with Gasteiger partial charge in [0.2, 0.25) is 5.91 Å². The number of rotatable bonds is 5. The standard InChI is InChI=1S/C21H26N4O3/c1-15(26)21-18-7-4-8-19(18)25(22-21)14-20(27)24-11-9-23(10-12-24)16-5-3-6-17(13-16)28-2/h3,5-6,13H,4,7-12,14H2,1-2H3. The van der Waals surface area contributed by atoms with Crippen LogP contribution in [0.3, 0.4) is 0 Å². The van der Waals surface area contributed by atoms with E-state index in [1.807, 2.05) is 23.1 Å². The summed E-state index contributed by atoms with van der Waals surface area (Å²) in [5, 5.41) is 4.44. The summed E-state index contributed by atoms with van der Waals surface area (Å²) in [6.45, 7) is 4.70. The lowest BCUT2D eigenvalue weighted by molar-refractivity contribution is -0.132. The van der Waals surface area contributed by atoms with Gasteiger partial charge in [-0.3, -0.25) is 14.3 Å². The van der Waals surface area contributed by atoms with Crippen molar-refractivity contribution in [2.45, 2.75) is 32.7 Å². The van der Waals surface area contributed by atoms with E-state index in [1.165, 1.54) is 0 Å². The highest BCUT2D eigenvalue weighted by molar-refractivity contribution is 5.94. The van der Waals surface area contributed by atoms with Crippen LogP contribution in [-0.2, 0) is 24.2 Å². The van der Waals surface area contributed by atoms with Crippen LogP contribution >= 0.6 is 0 Å². The topological polar surface area (TPSA) is 67.7 Å². The van der Waals surface area contributed by atoms with E-state index in [9.17, 15) is 9.59 Å². The fourth-order valence-electron chi connectivity index (χ4n) is 4.17. The summed E-state index contributed by atoms with van der Waals surface area (Å²) < 4.78 is 7.06. The second-order valence-electron chi connectivity index (χ2n) is 7.41. The number of ether oxygens (including phenoxy) is 1. The first-order chi connectivity index (χ1) is 13.6. The molecule has 1 aromatic heterocycles. The van der Waals surface area contributed by atoms with Crippen molar-refractivity contribution in [1.82, 2.24) is 14.7 Å². The lowest BCUT2D eigenvalue weighted by Crippen LogP contribution is -2.49. The molecule has 0 saturated carbocycles. The van der Waals surface area contributed by atoms with Crippen molar-refractivity contribution in [3.8, 4) is 5.75 Å². The van der Waals surface area contributed by atoms with Gasteiger partial charge in [-0.1, -0.05) is 6.07 Å². The van der Waals surface area contributed by atoms with Crippen LogP contribution in [0.15, 0.2) is 24.3 Å². The van der Waals surface area contributed by atoms with Crippen LogP contribution in [0.25, 0.3) is 0 Å². The highest BCUT2D eigenvalue weighted by atomic mass is 16.5. The monoisotopic (exact) mass is 382 g/mol. The molecule has 1 aliphatic carbocycles. The smallest absolute Gasteiger partial charge is 0.244 e. The fourth-order valence-corrected chi connectivity index (χ4v) is 4.17. The van der Waals surface area contributed by atoms with Crippen LogP contribution in [0.1, 0.15) is 35.1 Å². The highest BCUT2D eigenvalue weighted by Gasteiger charge is 2.27. The van der Waals surface area contributed by atoms with Crippen molar-refractivity contribution in [2.24, 2.45) is 0 Å². The summed E-state index contributed by atoms with van der Waals surface area (Å²) in [4.78, 5) is 28.8. The van der Waals surface area contributed by atoms with Crippen LogP contribution in [-0.4, -0.2) is 59.7 Å². The van der Waals surface area contributed by atoms with Crippen LogP contribution in [0, 0.1) is 0 Å². The summed E-state index contributed by atoms with van der Waals surface area (Å²) in [6, 6.07) is 8.00. The molecule has 0 bridgehead atoms. The van der Waals surface area contributed by atoms with Crippen LogP contribution in [0.4, 0.5) is 5.69 Å². The van der Waals surface area contributed by atoms with Crippen molar-refractivity contribution < 1.29 is 14.3 Å². The van der Waals surface area contributed by atoms with Crippen LogP contribution in [0.5, 0.6) is 5.75 Å². The van der Waals surface area contributed by atoms with Gasteiger partial charge in [-0.15, -0.1) is 0 Å². The molecule has 2 heterocycles. The van der Waals surface area contributed by atoms with Crippen molar-refractivity contribution >= 4 is 17.4 Å². The van der Waals surface area contributed by atoms with Gasteiger partial charge in [0, 0.05) is 56.1 Å². The third-order valence-electron chi connectivity index (χ3n) is 5.68. The van der Waals surface area contributed by atoms with Crippen LogP contribution < -0.4 is 9.64 Å². The minimum atomic E-state index is -0.0174. The molecule has 0 spiro atoms. The predicted octanol–water partition coefficient (Wildman–Crippen LogP) is 1.93. The Morgan fingerprint density at radius 2 is 1.93 bits per heavy atom. The highest BCUT2D eigenvalue weighted by Crippen LogP contribution is 2.26. The van der Waals surface area contributed by atoms with Gasteiger partial charge < -0.3 is 14.5 Å². The Hall–Kier alpha value is -2.83. The molecule has 0 radical (unpaired) electrons. The molecule has 1 saturated heterocycles. The number of fused-ring (bicyclic) bond motifs is 1. The number of methoxy groups -OCH3 is 1. The largest absolute Gasteiger partial charge is 0.497 e. The van der Waals surface area contributed by atoms with E-state index >= 15 is 0 Å². The molecular weight excluding hydrogens is 356 g/mol. The first kappa shape index (κ1) is 18.5. The zero-order chi connectivity index (χ0) is 19.7. The molecule has 1 aliphatic heterocycles. The summed E-state index contributed by atoms with van der Waals surface area (Å²) in [6.07, 6.45) is 2.81. The zero-order valence-electron chi connectivity index (χ0n) is 16.5. The third-order valence-corrected chi connectivity index (χ3v) is 5.68. The molecule has 2 aliphatic rings. The van der Waals surface area contributed by atoms with E-state index in [4.69, 9.17) is 4.74 Å². The fraction of sp³-hybridized carbons (Fsp3) is 0.476. The lowest BCUT2D eigenvalue weighted by Gasteiger charge is -2.36. The Bertz CT molecular complexity index is 897. The number of piperazine rings is 1. The minimum absolute atomic E-state index is 0.0174. The van der Waals surface area contributed by atoms with Gasteiger partial charge in [0.25, 0.3) is 0 Å². The number of ketones is 1. The van der Waals surface area contributed by atoms with E-state index in [0.717, 1.165) is 55.0 Å². The molecule has 4 rings (SSSR count). The van der Waals surface area contributed by atoms with Gasteiger partial charge in [-0.05, 0) is 31.4 Å². The van der Waals surface area contributed by atoms with Gasteiger partial charge in [-0.25, -0.2) is 0 Å². The minimum Gasteiger partial charge on any atom is -0.497 e. The molecule has 0 unspecified atom stereocenters. The lowest BCUT2D eigenvalue weighted by atomic mass is 10.1. The summed E-state index contributed by atoms with van der Waals surface area (Å²) in [5.74, 6) is 0.888. The van der Waals surface area contributed by atoms with Gasteiger partial charge in [-0.2, -0.15) is 5.10 Å².